The zero-order valence-corrected chi connectivity index (χ0v) is 21.9. The number of carbonyl (C=O) groups is 1. The highest BCUT2D eigenvalue weighted by Crippen LogP contribution is 2.36. The summed E-state index contributed by atoms with van der Waals surface area (Å²) in [6.07, 6.45) is 5.31. The van der Waals surface area contributed by atoms with Crippen LogP contribution in [0.1, 0.15) is 41.5 Å². The summed E-state index contributed by atoms with van der Waals surface area (Å²) in [4.78, 5) is 24.3. The van der Waals surface area contributed by atoms with Crippen LogP contribution in [0.2, 0.25) is 1.41 Å². The fraction of sp³-hybridized carbons (Fsp3) is 0.286. The largest absolute Gasteiger partial charge is 0.356 e. The minimum absolute atomic E-state index is 0.117. The summed E-state index contributed by atoms with van der Waals surface area (Å²) in [5, 5.41) is 7.38. The third-order valence-electron chi connectivity index (χ3n) is 6.94. The van der Waals surface area contributed by atoms with E-state index in [1.165, 1.54) is 22.4 Å². The van der Waals surface area contributed by atoms with Crippen LogP contribution in [0.4, 0.5) is 5.82 Å². The predicted octanol–water partition coefficient (Wildman–Crippen LogP) is 3.08. The van der Waals surface area contributed by atoms with Crippen molar-refractivity contribution >= 4 is 39.0 Å². The molecule has 39 heavy (non-hydrogen) atoms. The average molecular weight is 550 g/mol. The lowest BCUT2D eigenvalue weighted by Gasteiger charge is -2.33. The van der Waals surface area contributed by atoms with Crippen molar-refractivity contribution in [3.63, 3.8) is 0 Å². The maximum atomic E-state index is 13.8. The van der Waals surface area contributed by atoms with E-state index in [4.69, 9.17) is 8.27 Å². The molecular formula is C28H29N7O3S. The molecule has 10 nitrogen and oxygen atoms in total. The molecule has 2 aliphatic heterocycles. The van der Waals surface area contributed by atoms with Crippen LogP contribution in [-0.2, 0) is 10.0 Å². The second-order valence-corrected chi connectivity index (χ2v) is 11.3. The Morgan fingerprint density at radius 1 is 1.10 bits per heavy atom. The Labute approximate surface area is 235 Å². The Hall–Kier alpha value is -4.25. The number of nitrogens with zero attached hydrogens (tertiary/aromatic N) is 6. The molecule has 0 aliphatic carbocycles. The molecule has 4 heterocycles. The molecular weight excluding hydrogens is 514 g/mol. The molecule has 1 saturated heterocycles. The summed E-state index contributed by atoms with van der Waals surface area (Å²) in [6, 6.07) is 4.33. The van der Waals surface area contributed by atoms with Gasteiger partial charge in [-0.1, -0.05) is 36.3 Å². The van der Waals surface area contributed by atoms with Crippen molar-refractivity contribution in [1.29, 1.82) is 0 Å². The van der Waals surface area contributed by atoms with Gasteiger partial charge in [-0.05, 0) is 42.6 Å². The fourth-order valence-electron chi connectivity index (χ4n) is 5.00. The van der Waals surface area contributed by atoms with Crippen molar-refractivity contribution in [3.8, 4) is 0 Å². The van der Waals surface area contributed by atoms with Gasteiger partial charge in [0.1, 0.15) is 12.1 Å². The number of rotatable bonds is 6. The van der Waals surface area contributed by atoms with E-state index in [1.54, 1.807) is 35.6 Å². The van der Waals surface area contributed by atoms with Crippen LogP contribution in [0.15, 0.2) is 83.1 Å². The van der Waals surface area contributed by atoms with Gasteiger partial charge in [-0.2, -0.15) is 5.10 Å². The second kappa shape index (κ2) is 10.1. The van der Waals surface area contributed by atoms with E-state index in [0.717, 1.165) is 0 Å². The van der Waals surface area contributed by atoms with Crippen molar-refractivity contribution in [2.24, 2.45) is 5.10 Å². The van der Waals surface area contributed by atoms with Crippen LogP contribution in [0.3, 0.4) is 0 Å². The molecule has 2 aliphatic rings. The minimum Gasteiger partial charge on any atom is -0.356 e. The van der Waals surface area contributed by atoms with Gasteiger partial charge >= 0.3 is 0 Å². The summed E-state index contributed by atoms with van der Waals surface area (Å²) in [5.74, 6) is -0.664. The highest BCUT2D eigenvalue weighted by atomic mass is 32.2. The third-order valence-corrected chi connectivity index (χ3v) is 8.61. The predicted molar refractivity (Wildman–Crippen MR) is 150 cm³/mol. The lowest BCUT2D eigenvalue weighted by atomic mass is 10.00. The molecule has 4 aromatic rings. The zero-order valence-electron chi connectivity index (χ0n) is 27.1. The number of anilines is 1. The van der Waals surface area contributed by atoms with Gasteiger partial charge in [-0.3, -0.25) is 9.80 Å². The summed E-state index contributed by atoms with van der Waals surface area (Å²) in [5.41, 5.74) is 0.390. The van der Waals surface area contributed by atoms with E-state index in [9.17, 15) is 13.2 Å². The lowest BCUT2D eigenvalue weighted by molar-refractivity contribution is 0.0931. The minimum atomic E-state index is -4.00. The first-order chi connectivity index (χ1) is 21.4. The number of hydrogen-bond donors (Lipinski definition) is 1. The number of fused-ring (bicyclic) bond motifs is 1. The number of piperidine rings is 1. The van der Waals surface area contributed by atoms with Gasteiger partial charge in [0.2, 0.25) is 0 Å². The Morgan fingerprint density at radius 2 is 1.85 bits per heavy atom. The second-order valence-electron chi connectivity index (χ2n) is 9.46. The van der Waals surface area contributed by atoms with E-state index in [2.05, 4.69) is 15.1 Å². The molecule has 0 bridgehead atoms. The van der Waals surface area contributed by atoms with E-state index < -0.39 is 57.7 Å². The van der Waals surface area contributed by atoms with Crippen LogP contribution < -0.4 is 10.2 Å². The summed E-state index contributed by atoms with van der Waals surface area (Å²) in [6.45, 7) is 1.25. The van der Waals surface area contributed by atoms with Crippen LogP contribution in [0.5, 0.6) is 0 Å². The average Bonchev–Trinajstić information content (AvgIpc) is 3.67. The lowest BCUT2D eigenvalue weighted by Crippen LogP contribution is -2.45. The zero-order chi connectivity index (χ0) is 32.2. The summed E-state index contributed by atoms with van der Waals surface area (Å²) >= 11 is 0. The number of hydrogen-bond acceptors (Lipinski definition) is 8. The monoisotopic (exact) mass is 549 g/mol. The molecule has 11 heteroatoms. The Kier molecular flexibility index (Phi) is 4.92. The van der Waals surface area contributed by atoms with E-state index in [1.807, 2.05) is 11.9 Å². The van der Waals surface area contributed by atoms with Crippen LogP contribution in [0.25, 0.3) is 11.0 Å². The Balaban J connectivity index is 1.32. The van der Waals surface area contributed by atoms with Crippen molar-refractivity contribution in [2.45, 2.75) is 29.7 Å². The molecule has 1 atom stereocenters. The van der Waals surface area contributed by atoms with Crippen molar-refractivity contribution in [1.82, 2.24) is 24.3 Å². The van der Waals surface area contributed by atoms with Crippen LogP contribution in [0, 0.1) is 0 Å². The van der Waals surface area contributed by atoms with E-state index >= 15 is 0 Å². The molecule has 1 N–H and O–H groups in total. The Morgan fingerprint density at radius 3 is 2.54 bits per heavy atom. The topological polar surface area (TPSA) is 113 Å². The number of benzene rings is 2. The first kappa shape index (κ1) is 18.9. The highest BCUT2D eigenvalue weighted by Gasteiger charge is 2.31. The maximum absolute atomic E-state index is 13.8. The standard InChI is InChI=1S/C28H29N7O3S/c1-33-17-21(16-31-33)24-18-35(39(37,38)23-10-6-3-7-11-23)27-25(24)26(29-19-30-27)34-14-12-22(13-15-34)32-28(36)20-8-4-2-5-9-20/h2-11,16,18-19,21-22H,12-15,17H2,1H3,(H,32,36)/i2D,4D,5D,8D,9D/hD. The first-order valence-corrected chi connectivity index (χ1v) is 13.9. The van der Waals surface area contributed by atoms with Crippen LogP contribution >= 0.6 is 0 Å². The van der Waals surface area contributed by atoms with Gasteiger partial charge in [-0.15, -0.1) is 0 Å². The third kappa shape index (κ3) is 4.74. The first-order valence-electron chi connectivity index (χ1n) is 15.4. The van der Waals surface area contributed by atoms with Gasteiger partial charge < -0.3 is 10.2 Å². The molecule has 2 aromatic heterocycles. The smallest absolute Gasteiger partial charge is 0.269 e. The summed E-state index contributed by atoms with van der Waals surface area (Å²) in [7, 11) is -2.17. The van der Waals surface area contributed by atoms with Crippen LogP contribution in [-0.4, -0.2) is 72.2 Å². The molecule has 1 fully saturated rings. The number of hydrazone groups is 1. The molecule has 1 amide bonds. The number of amides is 1. The van der Waals surface area contributed by atoms with Gasteiger partial charge in [0.25, 0.3) is 15.9 Å². The Bertz CT molecular complexity index is 1920. The number of likely N-dealkylation sites (N-methyl/N-ethyl adjacent to an activating group) is 1. The molecule has 0 spiro atoms. The summed E-state index contributed by atoms with van der Waals surface area (Å²) < 4.78 is 77.0. The van der Waals surface area contributed by atoms with Gasteiger partial charge in [0.15, 0.2) is 7.06 Å². The van der Waals surface area contributed by atoms with Crippen molar-refractivity contribution in [3.05, 3.63) is 84.2 Å². The van der Waals surface area contributed by atoms with E-state index in [-0.39, 0.29) is 16.5 Å². The van der Waals surface area contributed by atoms with Gasteiger partial charge in [0.05, 0.1) is 17.1 Å². The molecule has 1 unspecified atom stereocenters. The van der Waals surface area contributed by atoms with Gasteiger partial charge in [0, 0.05) is 56.6 Å². The SMILES string of the molecule is [2H]c1c([2H])c([2H])c(C(=O)N([2H])C2CCN(c3ncnc4c3c(C3C=NN(C)C3)cn4S(=O)(=O)c3ccccc3)CC2)c([2H])c1[2H]. The highest BCUT2D eigenvalue weighted by molar-refractivity contribution is 7.90. The van der Waals surface area contributed by atoms with Crippen molar-refractivity contribution < 1.29 is 21.5 Å². The molecule has 0 saturated carbocycles. The molecule has 6 rings (SSSR count). The molecule has 0 radical (unpaired) electrons. The maximum Gasteiger partial charge on any atom is 0.269 e. The van der Waals surface area contributed by atoms with E-state index in [0.29, 0.717) is 54.6 Å². The quantitative estimate of drug-likeness (QED) is 0.393. The number of carbonyl (C=O) groups excluding carboxylic acids is 1. The molecule has 2 aromatic carbocycles. The molecule has 200 valence electrons. The number of nitrogens with one attached hydrogen (secondary N) is 1. The van der Waals surface area contributed by atoms with Gasteiger partial charge in [-0.25, -0.2) is 22.4 Å². The van der Waals surface area contributed by atoms with Crippen molar-refractivity contribution in [2.75, 3.05) is 31.6 Å². The fourth-order valence-corrected chi connectivity index (χ4v) is 6.35. The number of aromatic nitrogens is 3. The normalized spacial score (nSPS) is 20.3.